The molecule has 0 aromatic heterocycles. The Kier molecular flexibility index (Phi) is 6.19. The molecule has 1 aliphatic rings. The minimum Gasteiger partial charge on any atom is -0.377 e. The lowest BCUT2D eigenvalue weighted by Crippen LogP contribution is -2.31. The monoisotopic (exact) mass is 346 g/mol. The first kappa shape index (κ1) is 17.2. The van der Waals surface area contributed by atoms with Gasteiger partial charge in [-0.3, -0.25) is 4.79 Å². The van der Waals surface area contributed by atoms with Crippen molar-refractivity contribution in [2.75, 3.05) is 24.3 Å². The predicted molar refractivity (Wildman–Crippen MR) is 84.6 cm³/mol. The Labute approximate surface area is 135 Å². The number of halogens is 1. The summed E-state index contributed by atoms with van der Waals surface area (Å²) in [6.07, 6.45) is 1.99. The van der Waals surface area contributed by atoms with E-state index in [0.29, 0.717) is 12.3 Å². The minimum atomic E-state index is -3.57. The maximum absolute atomic E-state index is 12.2. The third-order valence-electron chi connectivity index (χ3n) is 3.29. The smallest absolute Gasteiger partial charge is 0.240 e. The summed E-state index contributed by atoms with van der Waals surface area (Å²) in [4.78, 5) is 11.6. The molecule has 1 aromatic rings. The second kappa shape index (κ2) is 7.92. The highest BCUT2D eigenvalue weighted by molar-refractivity contribution is 7.89. The van der Waals surface area contributed by atoms with E-state index in [1.165, 1.54) is 12.1 Å². The molecule has 122 valence electrons. The Bertz CT molecular complexity index is 598. The lowest BCUT2D eigenvalue weighted by molar-refractivity contribution is -0.115. The number of carbonyl (C=O) groups excluding carboxylic acids is 1. The first-order chi connectivity index (χ1) is 10.5. The fourth-order valence-electron chi connectivity index (χ4n) is 2.12. The summed E-state index contributed by atoms with van der Waals surface area (Å²) in [6, 6.07) is 6.00. The zero-order chi connectivity index (χ0) is 16.0. The molecular formula is C14H19ClN2O4S. The van der Waals surface area contributed by atoms with Crippen LogP contribution in [0.15, 0.2) is 29.2 Å². The molecule has 1 unspecified atom stereocenters. The molecule has 0 bridgehead atoms. The van der Waals surface area contributed by atoms with Gasteiger partial charge in [0, 0.05) is 31.1 Å². The van der Waals surface area contributed by atoms with Gasteiger partial charge >= 0.3 is 0 Å². The Balaban J connectivity index is 1.94. The summed E-state index contributed by atoms with van der Waals surface area (Å²) in [6.45, 7) is 0.958. The summed E-state index contributed by atoms with van der Waals surface area (Å²) in [7, 11) is -3.57. The Morgan fingerprint density at radius 1 is 1.32 bits per heavy atom. The molecule has 1 aromatic carbocycles. The highest BCUT2D eigenvalue weighted by Gasteiger charge is 2.20. The molecule has 0 radical (unpaired) electrons. The Morgan fingerprint density at radius 3 is 2.64 bits per heavy atom. The van der Waals surface area contributed by atoms with Crippen LogP contribution in [0.5, 0.6) is 0 Å². The first-order valence-electron chi connectivity index (χ1n) is 7.08. The molecule has 22 heavy (non-hydrogen) atoms. The normalized spacial score (nSPS) is 18.3. The second-order valence-corrected chi connectivity index (χ2v) is 7.14. The van der Waals surface area contributed by atoms with Crippen molar-refractivity contribution < 1.29 is 17.9 Å². The van der Waals surface area contributed by atoms with E-state index in [0.717, 1.165) is 12.8 Å². The summed E-state index contributed by atoms with van der Waals surface area (Å²) < 4.78 is 32.2. The molecule has 1 fully saturated rings. The van der Waals surface area contributed by atoms with Crippen LogP contribution in [0.4, 0.5) is 5.69 Å². The van der Waals surface area contributed by atoms with Gasteiger partial charge in [-0.1, -0.05) is 0 Å². The first-order valence-corrected chi connectivity index (χ1v) is 9.10. The quantitative estimate of drug-likeness (QED) is 0.736. The molecule has 6 nitrogen and oxygen atoms in total. The van der Waals surface area contributed by atoms with E-state index in [9.17, 15) is 13.2 Å². The van der Waals surface area contributed by atoms with E-state index < -0.39 is 10.0 Å². The Hall–Kier alpha value is -1.15. The van der Waals surface area contributed by atoms with Crippen LogP contribution in [0.2, 0.25) is 0 Å². The second-order valence-electron chi connectivity index (χ2n) is 5.00. The zero-order valence-corrected chi connectivity index (χ0v) is 13.6. The van der Waals surface area contributed by atoms with E-state index in [4.69, 9.17) is 16.3 Å². The maximum atomic E-state index is 12.2. The third-order valence-corrected chi connectivity index (χ3v) is 4.92. The van der Waals surface area contributed by atoms with E-state index in [2.05, 4.69) is 10.0 Å². The molecule has 1 atom stereocenters. The van der Waals surface area contributed by atoms with E-state index in [1.54, 1.807) is 12.1 Å². The molecule has 1 aliphatic heterocycles. The van der Waals surface area contributed by atoms with Crippen LogP contribution in [0.25, 0.3) is 0 Å². The number of amides is 1. The molecule has 0 saturated carbocycles. The van der Waals surface area contributed by atoms with E-state index in [-0.39, 0.29) is 35.8 Å². The average Bonchev–Trinajstić information content (AvgIpc) is 2.99. The van der Waals surface area contributed by atoms with Crippen LogP contribution in [-0.2, 0) is 19.6 Å². The number of rotatable bonds is 7. The molecule has 0 spiro atoms. The van der Waals surface area contributed by atoms with Gasteiger partial charge in [-0.05, 0) is 37.1 Å². The van der Waals surface area contributed by atoms with Crippen LogP contribution in [0, 0.1) is 0 Å². The lowest BCUT2D eigenvalue weighted by atomic mass is 10.2. The molecule has 1 saturated heterocycles. The van der Waals surface area contributed by atoms with Crippen molar-refractivity contribution in [1.29, 1.82) is 0 Å². The molecule has 0 aliphatic carbocycles. The van der Waals surface area contributed by atoms with Crippen LogP contribution < -0.4 is 10.0 Å². The SMILES string of the molecule is O=C(CCCl)Nc1ccc(S(=O)(=O)NCC2CCCO2)cc1. The largest absolute Gasteiger partial charge is 0.377 e. The lowest BCUT2D eigenvalue weighted by Gasteiger charge is -2.12. The standard InChI is InChI=1S/C14H19ClN2O4S/c15-8-7-14(18)17-11-3-5-13(6-4-11)22(19,20)16-10-12-2-1-9-21-12/h3-6,12,16H,1-2,7-10H2,(H,17,18). The topological polar surface area (TPSA) is 84.5 Å². The van der Waals surface area contributed by atoms with Crippen molar-refractivity contribution in [1.82, 2.24) is 4.72 Å². The van der Waals surface area contributed by atoms with Crippen LogP contribution in [-0.4, -0.2) is 39.5 Å². The fourth-order valence-corrected chi connectivity index (χ4v) is 3.36. The summed E-state index contributed by atoms with van der Waals surface area (Å²) in [5.74, 6) is 0.0351. The maximum Gasteiger partial charge on any atom is 0.240 e. The number of anilines is 1. The van der Waals surface area contributed by atoms with Gasteiger partial charge in [0.05, 0.1) is 11.0 Å². The van der Waals surface area contributed by atoms with E-state index >= 15 is 0 Å². The van der Waals surface area contributed by atoms with Gasteiger partial charge in [0.2, 0.25) is 15.9 Å². The van der Waals surface area contributed by atoms with Crippen molar-refractivity contribution in [3.05, 3.63) is 24.3 Å². The molecule has 1 heterocycles. The number of sulfonamides is 1. The number of hydrogen-bond acceptors (Lipinski definition) is 4. The van der Waals surface area contributed by atoms with Gasteiger partial charge in [-0.2, -0.15) is 0 Å². The average molecular weight is 347 g/mol. The van der Waals surface area contributed by atoms with Crippen LogP contribution >= 0.6 is 11.6 Å². The molecule has 1 amide bonds. The van der Waals surface area contributed by atoms with Gasteiger partial charge in [0.1, 0.15) is 0 Å². The fraction of sp³-hybridized carbons (Fsp3) is 0.500. The van der Waals surface area contributed by atoms with Crippen LogP contribution in [0.1, 0.15) is 19.3 Å². The number of benzene rings is 1. The van der Waals surface area contributed by atoms with Gasteiger partial charge in [0.15, 0.2) is 0 Å². The van der Waals surface area contributed by atoms with Crippen molar-refractivity contribution in [2.24, 2.45) is 0 Å². The van der Waals surface area contributed by atoms with Crippen molar-refractivity contribution in [2.45, 2.75) is 30.3 Å². The number of hydrogen-bond donors (Lipinski definition) is 2. The Morgan fingerprint density at radius 2 is 2.05 bits per heavy atom. The number of alkyl halides is 1. The zero-order valence-electron chi connectivity index (χ0n) is 12.0. The van der Waals surface area contributed by atoms with Gasteiger partial charge < -0.3 is 10.1 Å². The van der Waals surface area contributed by atoms with E-state index in [1.807, 2.05) is 0 Å². The summed E-state index contributed by atoms with van der Waals surface area (Å²) >= 11 is 5.48. The molecular weight excluding hydrogens is 328 g/mol. The number of carbonyl (C=O) groups is 1. The number of nitrogens with one attached hydrogen (secondary N) is 2. The third kappa shape index (κ3) is 4.95. The highest BCUT2D eigenvalue weighted by Crippen LogP contribution is 2.16. The van der Waals surface area contributed by atoms with Gasteiger partial charge in [-0.15, -0.1) is 11.6 Å². The molecule has 2 N–H and O–H groups in total. The van der Waals surface area contributed by atoms with Gasteiger partial charge in [-0.25, -0.2) is 13.1 Å². The van der Waals surface area contributed by atoms with Crippen molar-refractivity contribution >= 4 is 33.2 Å². The number of ether oxygens (including phenoxy) is 1. The predicted octanol–water partition coefficient (Wildman–Crippen LogP) is 1.71. The highest BCUT2D eigenvalue weighted by atomic mass is 35.5. The van der Waals surface area contributed by atoms with Crippen LogP contribution in [0.3, 0.4) is 0 Å². The molecule has 2 rings (SSSR count). The van der Waals surface area contributed by atoms with Crippen molar-refractivity contribution in [3.8, 4) is 0 Å². The summed E-state index contributed by atoms with van der Waals surface area (Å²) in [5, 5.41) is 2.64. The molecule has 8 heteroatoms. The van der Waals surface area contributed by atoms with Gasteiger partial charge in [0.25, 0.3) is 0 Å². The minimum absolute atomic E-state index is 0.0520. The van der Waals surface area contributed by atoms with Crippen molar-refractivity contribution in [3.63, 3.8) is 0 Å². The summed E-state index contributed by atoms with van der Waals surface area (Å²) in [5.41, 5.74) is 0.535.